The molecule has 0 heterocycles. The molecule has 1 aromatic rings. The Labute approximate surface area is 112 Å². The van der Waals surface area contributed by atoms with E-state index in [-0.39, 0.29) is 5.91 Å². The van der Waals surface area contributed by atoms with Crippen LogP contribution in [0.5, 0.6) is 0 Å². The number of hydrogen-bond donors (Lipinski definition) is 1. The molecule has 0 aliphatic rings. The minimum atomic E-state index is -0.103. The summed E-state index contributed by atoms with van der Waals surface area (Å²) in [6, 6.07) is 4.90. The van der Waals surface area contributed by atoms with E-state index in [2.05, 4.69) is 5.32 Å². The van der Waals surface area contributed by atoms with Gasteiger partial charge in [-0.1, -0.05) is 23.2 Å². The van der Waals surface area contributed by atoms with Crippen molar-refractivity contribution in [2.24, 2.45) is 0 Å². The summed E-state index contributed by atoms with van der Waals surface area (Å²) in [5, 5.41) is 3.98. The summed E-state index contributed by atoms with van der Waals surface area (Å²) in [5.74, 6) is -0.103. The molecule has 0 atom stereocenters. The molecule has 0 aromatic heterocycles. The Morgan fingerprint density at radius 1 is 1.41 bits per heavy atom. The number of amides is 1. The Kier molecular flexibility index (Phi) is 5.75. The van der Waals surface area contributed by atoms with Crippen LogP contribution in [0.1, 0.15) is 16.8 Å². The van der Waals surface area contributed by atoms with E-state index in [4.69, 9.17) is 23.2 Å². The summed E-state index contributed by atoms with van der Waals surface area (Å²) in [4.78, 5) is 13.7. The maximum atomic E-state index is 12.1. The van der Waals surface area contributed by atoms with Gasteiger partial charge >= 0.3 is 0 Å². The third kappa shape index (κ3) is 4.19. The van der Waals surface area contributed by atoms with Gasteiger partial charge in [0.2, 0.25) is 0 Å². The first-order chi connectivity index (χ1) is 8.06. The first-order valence-corrected chi connectivity index (χ1v) is 6.17. The number of carbonyl (C=O) groups excluding carboxylic acids is 1. The molecule has 0 fully saturated rings. The van der Waals surface area contributed by atoms with Crippen LogP contribution in [0.15, 0.2) is 18.2 Å². The van der Waals surface area contributed by atoms with Gasteiger partial charge < -0.3 is 10.2 Å². The highest BCUT2D eigenvalue weighted by Crippen LogP contribution is 2.21. The van der Waals surface area contributed by atoms with E-state index in [1.54, 1.807) is 30.1 Å². The summed E-state index contributed by atoms with van der Waals surface area (Å²) < 4.78 is 0. The van der Waals surface area contributed by atoms with Crippen molar-refractivity contribution in [3.8, 4) is 0 Å². The molecule has 1 N–H and O–H groups in total. The molecule has 1 rings (SSSR count). The maximum absolute atomic E-state index is 12.1. The van der Waals surface area contributed by atoms with Gasteiger partial charge in [0.25, 0.3) is 5.91 Å². The van der Waals surface area contributed by atoms with Crippen LogP contribution < -0.4 is 5.32 Å². The average molecular weight is 275 g/mol. The third-order valence-corrected chi connectivity index (χ3v) is 2.99. The van der Waals surface area contributed by atoms with Crippen LogP contribution in [0, 0.1) is 0 Å². The average Bonchev–Trinajstić information content (AvgIpc) is 2.31. The van der Waals surface area contributed by atoms with Crippen LogP contribution in [0.2, 0.25) is 10.0 Å². The molecular formula is C12H16Cl2N2O. The van der Waals surface area contributed by atoms with Crippen molar-refractivity contribution < 1.29 is 4.79 Å². The topological polar surface area (TPSA) is 32.3 Å². The van der Waals surface area contributed by atoms with Crippen LogP contribution in [0.25, 0.3) is 0 Å². The fourth-order valence-electron chi connectivity index (χ4n) is 1.46. The van der Waals surface area contributed by atoms with Crippen molar-refractivity contribution in [3.63, 3.8) is 0 Å². The van der Waals surface area contributed by atoms with Gasteiger partial charge in [0, 0.05) is 18.6 Å². The Hall–Kier alpha value is -0.770. The molecule has 0 saturated heterocycles. The maximum Gasteiger partial charge on any atom is 0.255 e. The van der Waals surface area contributed by atoms with Crippen molar-refractivity contribution in [2.45, 2.75) is 6.42 Å². The number of benzene rings is 1. The molecule has 0 spiro atoms. The normalized spacial score (nSPS) is 10.4. The predicted molar refractivity (Wildman–Crippen MR) is 72.0 cm³/mol. The second-order valence-corrected chi connectivity index (χ2v) is 4.65. The molecule has 3 nitrogen and oxygen atoms in total. The zero-order valence-corrected chi connectivity index (χ0v) is 11.5. The molecule has 1 amide bonds. The minimum absolute atomic E-state index is 0.103. The van der Waals surface area contributed by atoms with E-state index in [0.29, 0.717) is 22.2 Å². The standard InChI is InChI=1S/C12H16Cl2N2O/c1-15-6-3-7-16(2)12(17)10-8-9(13)4-5-11(10)14/h4-5,8,15H,3,6-7H2,1-2H3. The fraction of sp³-hybridized carbons (Fsp3) is 0.417. The first-order valence-electron chi connectivity index (χ1n) is 5.41. The second kappa shape index (κ2) is 6.84. The van der Waals surface area contributed by atoms with Gasteiger partial charge in [0.15, 0.2) is 0 Å². The summed E-state index contributed by atoms with van der Waals surface area (Å²) in [7, 11) is 3.64. The summed E-state index contributed by atoms with van der Waals surface area (Å²) in [6.07, 6.45) is 0.900. The summed E-state index contributed by atoms with van der Waals surface area (Å²) >= 11 is 11.8. The van der Waals surface area contributed by atoms with Crippen LogP contribution in [-0.4, -0.2) is 38.0 Å². The van der Waals surface area contributed by atoms with Gasteiger partial charge in [0.1, 0.15) is 0 Å². The van der Waals surface area contributed by atoms with E-state index in [1.165, 1.54) is 0 Å². The highest BCUT2D eigenvalue weighted by Gasteiger charge is 2.15. The van der Waals surface area contributed by atoms with Crippen molar-refractivity contribution in [1.29, 1.82) is 0 Å². The molecule has 0 radical (unpaired) electrons. The lowest BCUT2D eigenvalue weighted by molar-refractivity contribution is 0.0794. The highest BCUT2D eigenvalue weighted by molar-refractivity contribution is 6.35. The molecular weight excluding hydrogens is 259 g/mol. The van der Waals surface area contributed by atoms with Crippen molar-refractivity contribution >= 4 is 29.1 Å². The van der Waals surface area contributed by atoms with E-state index in [0.717, 1.165) is 13.0 Å². The number of nitrogens with zero attached hydrogens (tertiary/aromatic N) is 1. The molecule has 0 saturated carbocycles. The fourth-order valence-corrected chi connectivity index (χ4v) is 1.83. The Morgan fingerprint density at radius 3 is 2.76 bits per heavy atom. The summed E-state index contributed by atoms with van der Waals surface area (Å²) in [5.41, 5.74) is 0.450. The molecule has 1 aromatic carbocycles. The molecule has 0 unspecified atom stereocenters. The molecule has 94 valence electrons. The Morgan fingerprint density at radius 2 is 2.12 bits per heavy atom. The number of nitrogens with one attached hydrogen (secondary N) is 1. The van der Waals surface area contributed by atoms with Crippen LogP contribution in [0.3, 0.4) is 0 Å². The van der Waals surface area contributed by atoms with E-state index in [1.807, 2.05) is 7.05 Å². The highest BCUT2D eigenvalue weighted by atomic mass is 35.5. The van der Waals surface area contributed by atoms with Gasteiger partial charge in [-0.3, -0.25) is 4.79 Å². The van der Waals surface area contributed by atoms with Crippen LogP contribution in [0.4, 0.5) is 0 Å². The molecule has 0 bridgehead atoms. The molecule has 0 aliphatic carbocycles. The minimum Gasteiger partial charge on any atom is -0.342 e. The van der Waals surface area contributed by atoms with E-state index < -0.39 is 0 Å². The van der Waals surface area contributed by atoms with E-state index in [9.17, 15) is 4.79 Å². The smallest absolute Gasteiger partial charge is 0.255 e. The molecule has 0 aliphatic heterocycles. The van der Waals surface area contributed by atoms with Crippen molar-refractivity contribution in [1.82, 2.24) is 10.2 Å². The first kappa shape index (κ1) is 14.3. The SMILES string of the molecule is CNCCCN(C)C(=O)c1cc(Cl)ccc1Cl. The monoisotopic (exact) mass is 274 g/mol. The Balaban J connectivity index is 2.71. The van der Waals surface area contributed by atoms with Gasteiger partial charge in [0.05, 0.1) is 10.6 Å². The van der Waals surface area contributed by atoms with Crippen LogP contribution >= 0.6 is 23.2 Å². The largest absolute Gasteiger partial charge is 0.342 e. The van der Waals surface area contributed by atoms with Gasteiger partial charge in [-0.15, -0.1) is 0 Å². The Bertz CT molecular complexity index is 396. The zero-order chi connectivity index (χ0) is 12.8. The quantitative estimate of drug-likeness (QED) is 0.838. The lowest BCUT2D eigenvalue weighted by Crippen LogP contribution is -2.29. The van der Waals surface area contributed by atoms with Crippen molar-refractivity contribution in [2.75, 3.05) is 27.2 Å². The van der Waals surface area contributed by atoms with E-state index >= 15 is 0 Å². The molecule has 17 heavy (non-hydrogen) atoms. The number of rotatable bonds is 5. The van der Waals surface area contributed by atoms with Gasteiger partial charge in [-0.25, -0.2) is 0 Å². The number of halogens is 2. The van der Waals surface area contributed by atoms with Gasteiger partial charge in [-0.05, 0) is 38.2 Å². The third-order valence-electron chi connectivity index (χ3n) is 2.43. The summed E-state index contributed by atoms with van der Waals surface area (Å²) in [6.45, 7) is 1.56. The van der Waals surface area contributed by atoms with Crippen LogP contribution in [-0.2, 0) is 0 Å². The van der Waals surface area contributed by atoms with Crippen molar-refractivity contribution in [3.05, 3.63) is 33.8 Å². The lowest BCUT2D eigenvalue weighted by Gasteiger charge is -2.17. The number of hydrogen-bond acceptors (Lipinski definition) is 2. The molecule has 5 heteroatoms. The second-order valence-electron chi connectivity index (χ2n) is 3.81. The predicted octanol–water partition coefficient (Wildman–Crippen LogP) is 2.67. The lowest BCUT2D eigenvalue weighted by atomic mass is 10.2. The zero-order valence-electron chi connectivity index (χ0n) is 9.96. The van der Waals surface area contributed by atoms with Gasteiger partial charge in [-0.2, -0.15) is 0 Å². The number of carbonyl (C=O) groups is 1.